The molecule has 2 amide bonds. The van der Waals surface area contributed by atoms with E-state index in [0.717, 1.165) is 0 Å². The molecule has 0 radical (unpaired) electrons. The first-order chi connectivity index (χ1) is 9.31. The van der Waals surface area contributed by atoms with Gasteiger partial charge < -0.3 is 5.32 Å². The van der Waals surface area contributed by atoms with Crippen LogP contribution in [0, 0.1) is 5.82 Å². The molecule has 1 aromatic carbocycles. The summed E-state index contributed by atoms with van der Waals surface area (Å²) in [4.78, 5) is 22.0. The molecular formula is C12H15Cl2FN3O2+. The average molecular weight is 323 g/mol. The minimum Gasteiger partial charge on any atom is -0.332 e. The fraction of sp³-hybridized carbons (Fsp3) is 0.333. The zero-order valence-electron chi connectivity index (χ0n) is 11.0. The molecule has 0 spiro atoms. The van der Waals surface area contributed by atoms with Crippen LogP contribution in [0.1, 0.15) is 25.5 Å². The van der Waals surface area contributed by atoms with Crippen LogP contribution in [0.25, 0.3) is 0 Å². The fourth-order valence-corrected chi connectivity index (χ4v) is 2.06. The van der Waals surface area contributed by atoms with Crippen LogP contribution in [0.5, 0.6) is 0 Å². The number of halogens is 3. The normalized spacial score (nSPS) is 11.8. The third-order valence-corrected chi connectivity index (χ3v) is 3.18. The first-order valence-corrected chi connectivity index (χ1v) is 6.60. The number of hydrazine groups is 1. The monoisotopic (exact) mass is 322 g/mol. The van der Waals surface area contributed by atoms with E-state index in [4.69, 9.17) is 23.2 Å². The number of hydrogen-bond donors (Lipinski definition) is 3. The number of nitrogens with one attached hydrogen (secondary N) is 2. The molecule has 0 aromatic heterocycles. The summed E-state index contributed by atoms with van der Waals surface area (Å²) >= 11 is 11.6. The van der Waals surface area contributed by atoms with E-state index in [1.165, 1.54) is 19.1 Å². The van der Waals surface area contributed by atoms with Crippen molar-refractivity contribution in [3.8, 4) is 0 Å². The smallest absolute Gasteiger partial charge is 0.293 e. The molecule has 20 heavy (non-hydrogen) atoms. The zero-order valence-corrected chi connectivity index (χ0v) is 12.5. The van der Waals surface area contributed by atoms with E-state index in [1.807, 2.05) is 0 Å². The average Bonchev–Trinajstić information content (AvgIpc) is 2.37. The van der Waals surface area contributed by atoms with E-state index in [1.54, 1.807) is 12.2 Å². The summed E-state index contributed by atoms with van der Waals surface area (Å²) in [6.07, 6.45) is 0. The Morgan fingerprint density at radius 2 is 1.95 bits per heavy atom. The lowest BCUT2D eigenvalue weighted by atomic mass is 10.1. The van der Waals surface area contributed by atoms with Crippen LogP contribution in [-0.2, 0) is 9.59 Å². The molecule has 4 N–H and O–H groups in total. The minimum atomic E-state index is -0.561. The van der Waals surface area contributed by atoms with Gasteiger partial charge in [-0.05, 0) is 19.1 Å². The molecule has 0 aliphatic carbocycles. The Kier molecular flexibility index (Phi) is 6.19. The van der Waals surface area contributed by atoms with Gasteiger partial charge in [0.2, 0.25) is 5.91 Å². The maximum atomic E-state index is 13.4. The Morgan fingerprint density at radius 3 is 2.55 bits per heavy atom. The Morgan fingerprint density at radius 1 is 1.30 bits per heavy atom. The Balaban J connectivity index is 2.59. The van der Waals surface area contributed by atoms with Crippen molar-refractivity contribution in [2.75, 3.05) is 6.54 Å². The molecule has 0 saturated heterocycles. The molecule has 0 saturated carbocycles. The van der Waals surface area contributed by atoms with E-state index in [9.17, 15) is 14.0 Å². The van der Waals surface area contributed by atoms with Crippen molar-refractivity contribution < 1.29 is 19.3 Å². The lowest BCUT2D eigenvalue weighted by Crippen LogP contribution is -2.87. The fourth-order valence-electron chi connectivity index (χ4n) is 1.51. The van der Waals surface area contributed by atoms with Gasteiger partial charge in [-0.1, -0.05) is 23.2 Å². The number of quaternary nitrogens is 1. The molecule has 8 heteroatoms. The highest BCUT2D eigenvalue weighted by molar-refractivity contribution is 6.35. The molecule has 0 fully saturated rings. The minimum absolute atomic E-state index is 0.0469. The van der Waals surface area contributed by atoms with Gasteiger partial charge in [-0.25, -0.2) is 4.39 Å². The molecule has 0 unspecified atom stereocenters. The summed E-state index contributed by atoms with van der Waals surface area (Å²) in [6, 6.07) is 2.34. The standard InChI is InChI=1S/C12H14Cl2FN3O2/c1-6(16-5-12(20)18-17-7(2)19)8-3-11(15)10(14)4-9(8)13/h3-4,6,16H,5H2,1-2H3,(H,17,19)(H,18,20)/p+1/t6-/m1/s1. The van der Waals surface area contributed by atoms with Crippen molar-refractivity contribution in [2.45, 2.75) is 19.9 Å². The van der Waals surface area contributed by atoms with Gasteiger partial charge in [0.15, 0.2) is 6.54 Å². The summed E-state index contributed by atoms with van der Waals surface area (Å²) in [6.45, 7) is 3.12. The highest BCUT2D eigenvalue weighted by atomic mass is 35.5. The van der Waals surface area contributed by atoms with Crippen LogP contribution < -0.4 is 16.2 Å². The predicted octanol–water partition coefficient (Wildman–Crippen LogP) is 0.924. The van der Waals surface area contributed by atoms with Gasteiger partial charge >= 0.3 is 0 Å². The summed E-state index contributed by atoms with van der Waals surface area (Å²) in [5.41, 5.74) is 4.94. The Hall–Kier alpha value is -1.37. The van der Waals surface area contributed by atoms with E-state index in [-0.39, 0.29) is 29.4 Å². The molecule has 0 bridgehead atoms. The van der Waals surface area contributed by atoms with E-state index >= 15 is 0 Å². The number of benzene rings is 1. The third-order valence-electron chi connectivity index (χ3n) is 2.56. The number of nitrogens with two attached hydrogens (primary N) is 1. The van der Waals surface area contributed by atoms with Crippen LogP contribution >= 0.6 is 23.2 Å². The summed E-state index contributed by atoms with van der Waals surface area (Å²) in [5, 5.41) is 1.95. The third kappa shape index (κ3) is 4.96. The molecule has 0 heterocycles. The molecule has 5 nitrogen and oxygen atoms in total. The van der Waals surface area contributed by atoms with Crippen LogP contribution in [0.2, 0.25) is 10.0 Å². The van der Waals surface area contributed by atoms with Gasteiger partial charge in [0, 0.05) is 12.5 Å². The van der Waals surface area contributed by atoms with E-state index in [2.05, 4.69) is 10.9 Å². The second-order valence-electron chi connectivity index (χ2n) is 4.25. The van der Waals surface area contributed by atoms with Crippen LogP contribution in [0.15, 0.2) is 12.1 Å². The molecule has 0 aliphatic heterocycles. The summed E-state index contributed by atoms with van der Waals surface area (Å²) in [7, 11) is 0. The molecule has 0 aliphatic rings. The Bertz CT molecular complexity index is 526. The van der Waals surface area contributed by atoms with Crippen molar-refractivity contribution in [2.24, 2.45) is 0 Å². The highest BCUT2D eigenvalue weighted by Gasteiger charge is 2.17. The number of carbonyl (C=O) groups excluding carboxylic acids is 2. The van der Waals surface area contributed by atoms with Gasteiger partial charge in [-0.3, -0.25) is 20.4 Å². The molecule has 110 valence electrons. The van der Waals surface area contributed by atoms with Crippen LogP contribution in [0.3, 0.4) is 0 Å². The largest absolute Gasteiger partial charge is 0.332 e. The second-order valence-corrected chi connectivity index (χ2v) is 5.06. The van der Waals surface area contributed by atoms with Crippen LogP contribution in [0.4, 0.5) is 4.39 Å². The maximum Gasteiger partial charge on any atom is 0.293 e. The van der Waals surface area contributed by atoms with Crippen molar-refractivity contribution in [3.63, 3.8) is 0 Å². The Labute approximate surface area is 125 Å². The van der Waals surface area contributed by atoms with Crippen molar-refractivity contribution in [1.29, 1.82) is 0 Å². The second kappa shape index (κ2) is 7.42. The quantitative estimate of drug-likeness (QED) is 0.569. The van der Waals surface area contributed by atoms with Crippen molar-refractivity contribution >= 4 is 35.0 Å². The van der Waals surface area contributed by atoms with Gasteiger partial charge in [-0.2, -0.15) is 0 Å². The number of rotatable bonds is 4. The lowest BCUT2D eigenvalue weighted by Gasteiger charge is -2.13. The molecule has 1 rings (SSSR count). The summed E-state index contributed by atoms with van der Waals surface area (Å²) in [5.74, 6) is -1.30. The van der Waals surface area contributed by atoms with Gasteiger partial charge in [-0.15, -0.1) is 0 Å². The summed E-state index contributed by atoms with van der Waals surface area (Å²) < 4.78 is 13.4. The molecular weight excluding hydrogens is 308 g/mol. The van der Waals surface area contributed by atoms with Crippen molar-refractivity contribution in [3.05, 3.63) is 33.6 Å². The predicted molar refractivity (Wildman–Crippen MR) is 73.6 cm³/mol. The topological polar surface area (TPSA) is 74.8 Å². The number of hydrogen-bond acceptors (Lipinski definition) is 2. The van der Waals surface area contributed by atoms with Gasteiger partial charge in [0.1, 0.15) is 11.9 Å². The van der Waals surface area contributed by atoms with Crippen LogP contribution in [-0.4, -0.2) is 18.4 Å². The molecule has 1 atom stereocenters. The number of carbonyl (C=O) groups is 2. The first kappa shape index (κ1) is 16.7. The SMILES string of the molecule is CC(=O)NNC(=O)C[NH2+][C@H](C)c1cc(F)c(Cl)cc1Cl. The van der Waals surface area contributed by atoms with Crippen molar-refractivity contribution in [1.82, 2.24) is 10.9 Å². The lowest BCUT2D eigenvalue weighted by molar-refractivity contribution is -0.682. The van der Waals surface area contributed by atoms with Gasteiger partial charge in [0.25, 0.3) is 5.91 Å². The maximum absolute atomic E-state index is 13.4. The van der Waals surface area contributed by atoms with E-state index in [0.29, 0.717) is 10.6 Å². The number of amides is 2. The van der Waals surface area contributed by atoms with Gasteiger partial charge in [0.05, 0.1) is 10.0 Å². The first-order valence-electron chi connectivity index (χ1n) is 5.84. The highest BCUT2D eigenvalue weighted by Crippen LogP contribution is 2.27. The van der Waals surface area contributed by atoms with E-state index < -0.39 is 5.82 Å². The molecule has 1 aromatic rings. The zero-order chi connectivity index (χ0) is 15.3.